The zero-order valence-corrected chi connectivity index (χ0v) is 70.2. The number of esters is 3. The average molecular weight is 1570 g/mol. The summed E-state index contributed by atoms with van der Waals surface area (Å²) in [5.41, 5.74) is 0. The molecule has 0 aliphatic rings. The first-order valence-electron chi connectivity index (χ1n) is 42.8. The number of allylic oxidation sites excluding steroid dienone is 26. The van der Waals surface area contributed by atoms with Gasteiger partial charge < -0.3 is 34.2 Å². The lowest BCUT2D eigenvalue weighted by Gasteiger charge is -2.21. The molecule has 0 radical (unpaired) electrons. The van der Waals surface area contributed by atoms with Gasteiger partial charge in [0.25, 0.3) is 0 Å². The SMILES string of the molecule is CC/C=C\C/C=C\C/C=C\C/C=C\C/C=C\C/C=C\CCCCCCCCCCCCC(=O)OCC(O)COP(=O)(O)OCC(O)COP(=O)(O)OCC(COC(=O)CCCCCCCCCCCCC/C=C\C/C=C\C/C=C\C/C=C\CCCCC)OC(=O)CCCCCCCCC/C=C\C/C=C\C/C=C\CC. The van der Waals surface area contributed by atoms with Gasteiger partial charge in [-0.3, -0.25) is 32.5 Å². The van der Waals surface area contributed by atoms with E-state index in [1.165, 1.54) is 96.3 Å². The minimum absolute atomic E-state index is 0.0893. The summed E-state index contributed by atoms with van der Waals surface area (Å²) in [6.45, 7) is 2.43. The van der Waals surface area contributed by atoms with Gasteiger partial charge in [0.2, 0.25) is 0 Å². The van der Waals surface area contributed by atoms with Gasteiger partial charge in [-0.1, -0.05) is 333 Å². The van der Waals surface area contributed by atoms with Gasteiger partial charge in [-0.05, 0) is 148 Å². The molecule has 5 atom stereocenters. The molecule has 0 aromatic rings. The second-order valence-electron chi connectivity index (χ2n) is 28.2. The summed E-state index contributed by atoms with van der Waals surface area (Å²) >= 11 is 0. The molecule has 0 amide bonds. The molecule has 0 aromatic carbocycles. The molecule has 0 aliphatic heterocycles. The number of phosphoric acid groups is 2. The molecule has 0 aliphatic carbocycles. The number of carbonyl (C=O) groups excluding carboxylic acids is 3. The standard InChI is InChI=1S/C91H154O16P2/c1-4-7-10-13-16-19-22-25-28-31-33-35-37-39-41-42-44-46-47-49-51-54-56-59-62-65-68-71-74-77-89(94)101-80-86(92)81-103-108(97,98)104-82-87(93)83-105-109(99,100)106-85-88(107-91(96)79-76-73-70-67-64-61-58-53-30-27-24-21-18-15-12-9-6-3)84-102-90(95)78-75-72-69-66-63-60-57-55-52-50-48-45-43-40-38-36-34-32-29-26-23-20-17-14-11-8-5-2/h7,9-10,12,16-21,25-30,33-36,39-41,43-44,46,86-88,92-93H,4-6,8,11,13-15,22-24,31-32,37-38,42,45,47-85H2,1-3H3,(H,97,98)(H,99,100)/b10-7-,12-9-,19-16-,20-17-,21-18-,28-25-,29-26-,30-27-,35-33-,36-34-,41-39-,43-40-,46-44-. The lowest BCUT2D eigenvalue weighted by Crippen LogP contribution is -2.30. The van der Waals surface area contributed by atoms with E-state index in [9.17, 15) is 43.5 Å². The van der Waals surface area contributed by atoms with Gasteiger partial charge in [-0.2, -0.15) is 0 Å². The summed E-state index contributed by atoms with van der Waals surface area (Å²) in [5, 5.41) is 20.7. The Labute approximate surface area is 663 Å². The second kappa shape index (κ2) is 82.6. The van der Waals surface area contributed by atoms with Gasteiger partial charge in [0.05, 0.1) is 26.4 Å². The molecule has 0 saturated heterocycles. The molecule has 4 N–H and O–H groups in total. The number of unbranched alkanes of at least 4 members (excludes halogenated alkanes) is 31. The maximum atomic E-state index is 13.0. The van der Waals surface area contributed by atoms with E-state index in [-0.39, 0.29) is 19.3 Å². The molecule has 5 unspecified atom stereocenters. The van der Waals surface area contributed by atoms with Crippen LogP contribution in [0.3, 0.4) is 0 Å². The topological polar surface area (TPSA) is 231 Å². The van der Waals surface area contributed by atoms with Gasteiger partial charge in [-0.25, -0.2) is 9.13 Å². The average Bonchev–Trinajstić information content (AvgIpc) is 0.902. The quantitative estimate of drug-likeness (QED) is 0.0146. The van der Waals surface area contributed by atoms with Gasteiger partial charge in [0.1, 0.15) is 25.4 Å². The highest BCUT2D eigenvalue weighted by molar-refractivity contribution is 7.47. The second-order valence-corrected chi connectivity index (χ2v) is 31.1. The summed E-state index contributed by atoms with van der Waals surface area (Å²) in [6, 6.07) is 0. The van der Waals surface area contributed by atoms with Crippen LogP contribution >= 0.6 is 15.6 Å². The predicted molar refractivity (Wildman–Crippen MR) is 454 cm³/mol. The Hall–Kier alpha value is -4.83. The summed E-state index contributed by atoms with van der Waals surface area (Å²) in [4.78, 5) is 58.8. The van der Waals surface area contributed by atoms with Crippen LogP contribution in [0.25, 0.3) is 0 Å². The number of phosphoric ester groups is 2. The van der Waals surface area contributed by atoms with Crippen LogP contribution in [0.15, 0.2) is 158 Å². The molecule has 0 saturated carbocycles. The third-order valence-electron chi connectivity index (χ3n) is 17.7. The van der Waals surface area contributed by atoms with Gasteiger partial charge in [0.15, 0.2) is 6.10 Å². The number of aliphatic hydroxyl groups is 2. The maximum absolute atomic E-state index is 13.0. The fourth-order valence-corrected chi connectivity index (χ4v) is 12.9. The van der Waals surface area contributed by atoms with Crippen LogP contribution in [-0.4, -0.2) is 95.9 Å². The minimum atomic E-state index is -4.94. The van der Waals surface area contributed by atoms with E-state index in [1.807, 2.05) is 0 Å². The molecule has 109 heavy (non-hydrogen) atoms. The van der Waals surface area contributed by atoms with Crippen LogP contribution in [0.4, 0.5) is 0 Å². The Kier molecular flexibility index (Phi) is 79.0. The van der Waals surface area contributed by atoms with Crippen LogP contribution in [0.1, 0.15) is 342 Å². The predicted octanol–water partition coefficient (Wildman–Crippen LogP) is 25.8. The third kappa shape index (κ3) is 83.9. The molecule has 18 heteroatoms. The van der Waals surface area contributed by atoms with Crippen LogP contribution in [0, 0.1) is 0 Å². The van der Waals surface area contributed by atoms with Crippen molar-refractivity contribution in [1.82, 2.24) is 0 Å². The lowest BCUT2D eigenvalue weighted by atomic mass is 10.0. The van der Waals surface area contributed by atoms with E-state index < -0.39 is 91.5 Å². The third-order valence-corrected chi connectivity index (χ3v) is 19.6. The fourth-order valence-electron chi connectivity index (χ4n) is 11.3. The zero-order valence-electron chi connectivity index (χ0n) is 68.4. The summed E-state index contributed by atoms with van der Waals surface area (Å²) in [5.74, 6) is -1.59. The van der Waals surface area contributed by atoms with Crippen LogP contribution < -0.4 is 0 Å². The fraction of sp³-hybridized carbons (Fsp3) is 0.681. The van der Waals surface area contributed by atoms with E-state index >= 15 is 0 Å². The Balaban J connectivity index is 4.58. The van der Waals surface area contributed by atoms with Gasteiger partial charge >= 0.3 is 33.6 Å². The molecular weight excluding hydrogens is 1410 g/mol. The molecule has 624 valence electrons. The highest BCUT2D eigenvalue weighted by atomic mass is 31.2. The smallest absolute Gasteiger partial charge is 0.463 e. The lowest BCUT2D eigenvalue weighted by molar-refractivity contribution is -0.161. The van der Waals surface area contributed by atoms with Crippen molar-refractivity contribution in [3.8, 4) is 0 Å². The van der Waals surface area contributed by atoms with Crippen molar-refractivity contribution in [2.45, 2.75) is 360 Å². The summed E-state index contributed by atoms with van der Waals surface area (Å²) < 4.78 is 61.3. The Morgan fingerprint density at radius 3 is 0.771 bits per heavy atom. The Morgan fingerprint density at radius 1 is 0.266 bits per heavy atom. The van der Waals surface area contributed by atoms with Crippen molar-refractivity contribution in [2.24, 2.45) is 0 Å². The molecular formula is C91H154O16P2. The van der Waals surface area contributed by atoms with E-state index in [0.29, 0.717) is 19.3 Å². The highest BCUT2D eigenvalue weighted by Gasteiger charge is 2.29. The van der Waals surface area contributed by atoms with Crippen molar-refractivity contribution in [3.63, 3.8) is 0 Å². The van der Waals surface area contributed by atoms with Crippen molar-refractivity contribution >= 4 is 33.6 Å². The first-order valence-corrected chi connectivity index (χ1v) is 45.8. The normalized spacial score (nSPS) is 14.7. The number of rotatable bonds is 80. The molecule has 16 nitrogen and oxygen atoms in total. The van der Waals surface area contributed by atoms with Crippen molar-refractivity contribution < 1.29 is 75.8 Å². The molecule has 0 heterocycles. The van der Waals surface area contributed by atoms with Crippen molar-refractivity contribution in [2.75, 3.05) is 39.6 Å². The van der Waals surface area contributed by atoms with Crippen LogP contribution in [0.5, 0.6) is 0 Å². The molecule has 0 spiro atoms. The van der Waals surface area contributed by atoms with Crippen LogP contribution in [0.2, 0.25) is 0 Å². The molecule has 0 aromatic heterocycles. The van der Waals surface area contributed by atoms with Crippen molar-refractivity contribution in [3.05, 3.63) is 158 Å². The summed E-state index contributed by atoms with van der Waals surface area (Å²) in [7, 11) is -9.81. The number of hydrogen-bond donors (Lipinski definition) is 4. The van der Waals surface area contributed by atoms with E-state index in [1.54, 1.807) is 0 Å². The summed E-state index contributed by atoms with van der Waals surface area (Å²) in [6.07, 6.45) is 104. The van der Waals surface area contributed by atoms with Crippen LogP contribution in [-0.2, 0) is 55.8 Å². The zero-order chi connectivity index (χ0) is 79.4. The van der Waals surface area contributed by atoms with Gasteiger partial charge in [-0.15, -0.1) is 0 Å². The van der Waals surface area contributed by atoms with Crippen molar-refractivity contribution in [1.29, 1.82) is 0 Å². The Bertz CT molecular complexity index is 2610. The van der Waals surface area contributed by atoms with Gasteiger partial charge in [0, 0.05) is 19.3 Å². The number of hydrogen-bond acceptors (Lipinski definition) is 14. The minimum Gasteiger partial charge on any atom is -0.463 e. The monoisotopic (exact) mass is 1570 g/mol. The highest BCUT2D eigenvalue weighted by Crippen LogP contribution is 2.45. The molecule has 0 fully saturated rings. The molecule has 0 bridgehead atoms. The first-order chi connectivity index (χ1) is 53.2. The number of aliphatic hydroxyl groups excluding tert-OH is 2. The Morgan fingerprint density at radius 2 is 0.486 bits per heavy atom. The number of ether oxygens (including phenoxy) is 3. The maximum Gasteiger partial charge on any atom is 0.472 e. The van der Waals surface area contributed by atoms with E-state index in [2.05, 4.69) is 179 Å². The molecule has 0 rings (SSSR count). The van der Waals surface area contributed by atoms with E-state index in [0.717, 1.165) is 186 Å². The largest absolute Gasteiger partial charge is 0.472 e. The van der Waals surface area contributed by atoms with E-state index in [4.69, 9.17) is 32.3 Å². The first kappa shape index (κ1) is 104. The number of carbonyl (C=O) groups is 3.